The Bertz CT molecular complexity index is 1120. The fraction of sp³-hybridized carbons (Fsp3) is 0.100. The van der Waals surface area contributed by atoms with E-state index < -0.39 is 6.36 Å². The summed E-state index contributed by atoms with van der Waals surface area (Å²) in [5.74, 6) is 0.290. The van der Waals surface area contributed by atoms with Crippen LogP contribution in [-0.4, -0.2) is 21.0 Å². The second-order valence-corrected chi connectivity index (χ2v) is 6.10. The monoisotopic (exact) mass is 384 g/mol. The van der Waals surface area contributed by atoms with Gasteiger partial charge in [-0.25, -0.2) is 9.50 Å². The van der Waals surface area contributed by atoms with E-state index in [-0.39, 0.29) is 5.75 Å². The lowest BCUT2D eigenvalue weighted by molar-refractivity contribution is -0.274. The van der Waals surface area contributed by atoms with Crippen LogP contribution in [0.5, 0.6) is 5.75 Å². The average Bonchev–Trinajstić information content (AvgIpc) is 2.98. The largest absolute Gasteiger partial charge is 0.573 e. The number of aromatic nitrogens is 3. The summed E-state index contributed by atoms with van der Waals surface area (Å²) in [6.07, 6.45) is -2.84. The average molecular weight is 384 g/mol. The van der Waals surface area contributed by atoms with E-state index in [2.05, 4.69) is 20.1 Å². The first kappa shape index (κ1) is 17.8. The minimum absolute atomic E-state index is 0.276. The van der Waals surface area contributed by atoms with E-state index in [4.69, 9.17) is 0 Å². The molecule has 0 saturated carbocycles. The Balaban J connectivity index is 1.60. The summed E-state index contributed by atoms with van der Waals surface area (Å²) in [4.78, 5) is 4.63. The third-order valence-corrected chi connectivity index (χ3v) is 4.08. The molecule has 8 heteroatoms. The molecule has 4 aromatic rings. The SMILES string of the molecule is Cc1nn2ccccc2c1-c1cccc(Nc2ccc(OC(F)(F)F)cc2)n1. The predicted octanol–water partition coefficient (Wildman–Crippen LogP) is 5.35. The van der Waals surface area contributed by atoms with Crippen LogP contribution in [-0.2, 0) is 0 Å². The number of nitrogens with zero attached hydrogens (tertiary/aromatic N) is 3. The molecule has 0 spiro atoms. The summed E-state index contributed by atoms with van der Waals surface area (Å²) in [5.41, 5.74) is 4.07. The highest BCUT2D eigenvalue weighted by molar-refractivity contribution is 5.81. The lowest BCUT2D eigenvalue weighted by atomic mass is 10.1. The van der Waals surface area contributed by atoms with Gasteiger partial charge in [-0.05, 0) is 55.5 Å². The van der Waals surface area contributed by atoms with Crippen LogP contribution in [0.1, 0.15) is 5.69 Å². The molecule has 0 aliphatic rings. The van der Waals surface area contributed by atoms with Crippen molar-refractivity contribution in [2.45, 2.75) is 13.3 Å². The predicted molar refractivity (Wildman–Crippen MR) is 99.6 cm³/mol. The number of aryl methyl sites for hydroxylation is 1. The van der Waals surface area contributed by atoms with Gasteiger partial charge in [-0.15, -0.1) is 13.2 Å². The van der Waals surface area contributed by atoms with Crippen molar-refractivity contribution < 1.29 is 17.9 Å². The summed E-state index contributed by atoms with van der Waals surface area (Å²) >= 11 is 0. The lowest BCUT2D eigenvalue weighted by Crippen LogP contribution is -2.16. The van der Waals surface area contributed by atoms with E-state index in [1.807, 2.05) is 43.5 Å². The Morgan fingerprint density at radius 3 is 2.50 bits per heavy atom. The lowest BCUT2D eigenvalue weighted by Gasteiger charge is -2.10. The molecule has 142 valence electrons. The van der Waals surface area contributed by atoms with Gasteiger partial charge in [0.1, 0.15) is 11.6 Å². The highest BCUT2D eigenvalue weighted by Gasteiger charge is 2.30. The molecule has 1 N–H and O–H groups in total. The van der Waals surface area contributed by atoms with Crippen molar-refractivity contribution in [1.82, 2.24) is 14.6 Å². The van der Waals surface area contributed by atoms with Crippen molar-refractivity contribution in [1.29, 1.82) is 0 Å². The number of hydrogen-bond acceptors (Lipinski definition) is 4. The van der Waals surface area contributed by atoms with Crippen LogP contribution in [0.3, 0.4) is 0 Å². The Morgan fingerprint density at radius 1 is 0.964 bits per heavy atom. The van der Waals surface area contributed by atoms with Crippen LogP contribution >= 0.6 is 0 Å². The molecular formula is C20H15F3N4O. The molecule has 0 saturated heterocycles. The number of rotatable bonds is 4. The molecule has 3 heterocycles. The molecule has 0 amide bonds. The van der Waals surface area contributed by atoms with Crippen molar-refractivity contribution in [3.8, 4) is 17.0 Å². The van der Waals surface area contributed by atoms with Crippen LogP contribution in [0.2, 0.25) is 0 Å². The van der Waals surface area contributed by atoms with Gasteiger partial charge in [0.05, 0.1) is 16.9 Å². The summed E-state index contributed by atoms with van der Waals surface area (Å²) in [7, 11) is 0. The van der Waals surface area contributed by atoms with Crippen molar-refractivity contribution in [3.63, 3.8) is 0 Å². The molecule has 0 aliphatic heterocycles. The first-order chi connectivity index (χ1) is 13.4. The number of fused-ring (bicyclic) bond motifs is 1. The fourth-order valence-corrected chi connectivity index (χ4v) is 2.96. The molecule has 0 bridgehead atoms. The molecule has 1 aromatic carbocycles. The zero-order valence-corrected chi connectivity index (χ0v) is 14.7. The van der Waals surface area contributed by atoms with Gasteiger partial charge in [0.2, 0.25) is 0 Å². The smallest absolute Gasteiger partial charge is 0.406 e. The second-order valence-electron chi connectivity index (χ2n) is 6.10. The summed E-state index contributed by atoms with van der Waals surface area (Å²) < 4.78 is 42.4. The minimum Gasteiger partial charge on any atom is -0.406 e. The van der Waals surface area contributed by atoms with Gasteiger partial charge in [-0.2, -0.15) is 5.10 Å². The molecule has 0 fully saturated rings. The normalized spacial score (nSPS) is 11.6. The third kappa shape index (κ3) is 3.75. The maximum atomic E-state index is 12.3. The van der Waals surface area contributed by atoms with Gasteiger partial charge in [0, 0.05) is 17.4 Å². The van der Waals surface area contributed by atoms with Crippen LogP contribution in [0, 0.1) is 6.92 Å². The summed E-state index contributed by atoms with van der Waals surface area (Å²) in [6.45, 7) is 1.92. The molecule has 0 aliphatic carbocycles. The number of hydrogen-bond donors (Lipinski definition) is 1. The number of benzene rings is 1. The van der Waals surface area contributed by atoms with E-state index >= 15 is 0 Å². The molecule has 3 aromatic heterocycles. The number of alkyl halides is 3. The third-order valence-electron chi connectivity index (χ3n) is 4.08. The van der Waals surface area contributed by atoms with Crippen LogP contribution in [0.4, 0.5) is 24.7 Å². The highest BCUT2D eigenvalue weighted by atomic mass is 19.4. The van der Waals surface area contributed by atoms with E-state index in [0.29, 0.717) is 11.5 Å². The summed E-state index contributed by atoms with van der Waals surface area (Å²) in [6, 6.07) is 16.8. The molecule has 4 rings (SSSR count). The van der Waals surface area contributed by atoms with Crippen LogP contribution < -0.4 is 10.1 Å². The Hall–Kier alpha value is -3.55. The van der Waals surface area contributed by atoms with Gasteiger partial charge < -0.3 is 10.1 Å². The standard InChI is InChI=1S/C20H15F3N4O/c1-13-19(17-6-2-3-12-27(17)26-13)16-5-4-7-18(25-16)24-14-8-10-15(11-9-14)28-20(21,22)23/h2-12H,1H3,(H,24,25). The number of pyridine rings is 2. The quantitative estimate of drug-likeness (QED) is 0.516. The Kier molecular flexibility index (Phi) is 4.38. The minimum atomic E-state index is -4.71. The zero-order chi connectivity index (χ0) is 19.7. The van der Waals surface area contributed by atoms with Gasteiger partial charge in [0.15, 0.2) is 0 Å². The molecule has 0 radical (unpaired) electrons. The van der Waals surface area contributed by atoms with Gasteiger partial charge in [-0.1, -0.05) is 12.1 Å². The van der Waals surface area contributed by atoms with Gasteiger partial charge in [-0.3, -0.25) is 0 Å². The first-order valence-corrected chi connectivity index (χ1v) is 8.43. The number of ether oxygens (including phenoxy) is 1. The van der Waals surface area contributed by atoms with Gasteiger partial charge in [0.25, 0.3) is 0 Å². The van der Waals surface area contributed by atoms with Crippen molar-refractivity contribution in [2.75, 3.05) is 5.32 Å². The number of anilines is 2. The number of halogens is 3. The Labute approximate surface area is 158 Å². The van der Waals surface area contributed by atoms with E-state index in [9.17, 15) is 13.2 Å². The van der Waals surface area contributed by atoms with Crippen molar-refractivity contribution in [2.24, 2.45) is 0 Å². The zero-order valence-electron chi connectivity index (χ0n) is 14.7. The summed E-state index contributed by atoms with van der Waals surface area (Å²) in [5, 5.41) is 7.58. The van der Waals surface area contributed by atoms with E-state index in [1.165, 1.54) is 24.3 Å². The molecule has 0 unspecified atom stereocenters. The molecule has 28 heavy (non-hydrogen) atoms. The second kappa shape index (κ2) is 6.88. The van der Waals surface area contributed by atoms with E-state index in [1.54, 1.807) is 10.6 Å². The van der Waals surface area contributed by atoms with Crippen LogP contribution in [0.25, 0.3) is 16.8 Å². The van der Waals surface area contributed by atoms with Crippen molar-refractivity contribution >= 4 is 17.0 Å². The van der Waals surface area contributed by atoms with E-state index in [0.717, 1.165) is 22.5 Å². The first-order valence-electron chi connectivity index (χ1n) is 8.43. The molecular weight excluding hydrogens is 369 g/mol. The maximum Gasteiger partial charge on any atom is 0.573 e. The molecule has 0 atom stereocenters. The van der Waals surface area contributed by atoms with Gasteiger partial charge >= 0.3 is 6.36 Å². The van der Waals surface area contributed by atoms with Crippen molar-refractivity contribution in [3.05, 3.63) is 72.6 Å². The highest BCUT2D eigenvalue weighted by Crippen LogP contribution is 2.29. The Morgan fingerprint density at radius 2 is 1.75 bits per heavy atom. The van der Waals surface area contributed by atoms with Crippen LogP contribution in [0.15, 0.2) is 66.9 Å². The fourth-order valence-electron chi connectivity index (χ4n) is 2.96. The maximum absolute atomic E-state index is 12.3. The molecule has 5 nitrogen and oxygen atoms in total. The topological polar surface area (TPSA) is 51.5 Å². The number of nitrogens with one attached hydrogen (secondary N) is 1.